The van der Waals surface area contributed by atoms with E-state index in [9.17, 15) is 14.7 Å². The number of para-hydroxylation sites is 1. The smallest absolute Gasteiger partial charge is 0.290 e. The molecule has 7 nitrogen and oxygen atoms in total. The van der Waals surface area contributed by atoms with Gasteiger partial charge in [0, 0.05) is 18.5 Å². The molecule has 2 aromatic carbocycles. The predicted molar refractivity (Wildman–Crippen MR) is 121 cm³/mol. The Morgan fingerprint density at radius 1 is 1.21 bits per heavy atom. The van der Waals surface area contributed by atoms with Crippen molar-refractivity contribution in [1.82, 2.24) is 4.90 Å². The van der Waals surface area contributed by atoms with Crippen LogP contribution in [0, 0.1) is 6.92 Å². The number of hydrogen-bond acceptors (Lipinski definition) is 6. The summed E-state index contributed by atoms with van der Waals surface area (Å²) in [6, 6.07) is 13.8. The average Bonchev–Trinajstić information content (AvgIpc) is 3.54. The monoisotopic (exact) mass is 447 g/mol. The number of hydrogen-bond donors (Lipinski definition) is 1. The molecule has 1 amide bonds. The molecular formula is C26H25NO6. The van der Waals surface area contributed by atoms with E-state index in [1.807, 2.05) is 37.3 Å². The average molecular weight is 447 g/mol. The third kappa shape index (κ3) is 3.58. The zero-order chi connectivity index (χ0) is 23.1. The molecule has 2 atom stereocenters. The highest BCUT2D eigenvalue weighted by molar-refractivity contribution is 6.16. The summed E-state index contributed by atoms with van der Waals surface area (Å²) in [5, 5.41) is 11.6. The van der Waals surface area contributed by atoms with E-state index in [1.54, 1.807) is 23.1 Å². The topological polar surface area (TPSA) is 89.2 Å². The molecule has 1 saturated heterocycles. The van der Waals surface area contributed by atoms with Crippen LogP contribution in [0.2, 0.25) is 0 Å². The van der Waals surface area contributed by atoms with Crippen molar-refractivity contribution in [2.75, 3.05) is 20.3 Å². The molecule has 1 fully saturated rings. The lowest BCUT2D eigenvalue weighted by molar-refractivity contribution is -0.131. The van der Waals surface area contributed by atoms with Crippen LogP contribution in [0.5, 0.6) is 5.75 Å². The van der Waals surface area contributed by atoms with E-state index in [2.05, 4.69) is 0 Å². The number of carbonyl (C=O) groups excluding carboxylic acids is 2. The highest BCUT2D eigenvalue weighted by Crippen LogP contribution is 2.41. The molecule has 2 aliphatic heterocycles. The first-order chi connectivity index (χ1) is 16.0. The molecule has 7 heteroatoms. The number of methoxy groups -OCH3 is 1. The number of Topliss-reactive ketones (excluding diaryl/α,β-unsaturated/α-hetero) is 1. The lowest BCUT2D eigenvalue weighted by atomic mass is 9.92. The first-order valence-corrected chi connectivity index (χ1v) is 11.0. The van der Waals surface area contributed by atoms with Gasteiger partial charge in [-0.2, -0.15) is 0 Å². The van der Waals surface area contributed by atoms with Crippen molar-refractivity contribution in [3.05, 3.63) is 76.8 Å². The maximum Gasteiger partial charge on any atom is 0.290 e. The number of amides is 1. The standard InChI is InChI=1S/C26H25NO6/c1-15-7-3-4-10-18(15)22-21(24(29)26(30)27(22)14-17-9-6-12-32-17)23(28)20-13-16-8-5-11-19(31-2)25(16)33-20/h3-5,7-8,10-11,13,17,22,29H,6,9,12,14H2,1-2H3. The highest BCUT2D eigenvalue weighted by atomic mass is 16.5. The number of carbonyl (C=O) groups is 2. The number of furan rings is 1. The van der Waals surface area contributed by atoms with E-state index in [4.69, 9.17) is 13.9 Å². The van der Waals surface area contributed by atoms with E-state index >= 15 is 0 Å². The van der Waals surface area contributed by atoms with E-state index in [1.165, 1.54) is 7.11 Å². The Bertz CT molecular complexity index is 1270. The van der Waals surface area contributed by atoms with Crippen LogP contribution in [0.1, 0.15) is 40.6 Å². The minimum absolute atomic E-state index is 0.0188. The van der Waals surface area contributed by atoms with Crippen LogP contribution in [-0.2, 0) is 9.53 Å². The summed E-state index contributed by atoms with van der Waals surface area (Å²) in [5.74, 6) is -1.10. The Hall–Kier alpha value is -3.58. The van der Waals surface area contributed by atoms with Gasteiger partial charge in [0.15, 0.2) is 22.9 Å². The summed E-state index contributed by atoms with van der Waals surface area (Å²) >= 11 is 0. The van der Waals surface area contributed by atoms with Crippen LogP contribution in [0.4, 0.5) is 0 Å². The molecule has 0 saturated carbocycles. The van der Waals surface area contributed by atoms with Gasteiger partial charge in [-0.1, -0.05) is 36.4 Å². The molecule has 2 aliphatic rings. The molecule has 5 rings (SSSR count). The van der Waals surface area contributed by atoms with Gasteiger partial charge < -0.3 is 23.9 Å². The SMILES string of the molecule is COc1cccc2cc(C(=O)C3=C(O)C(=O)N(CC4CCCO4)C3c3ccccc3C)oc12. The van der Waals surface area contributed by atoms with Gasteiger partial charge in [-0.25, -0.2) is 0 Å². The Balaban J connectivity index is 1.60. The number of benzene rings is 2. The Morgan fingerprint density at radius 2 is 2.03 bits per heavy atom. The van der Waals surface area contributed by atoms with Crippen LogP contribution >= 0.6 is 0 Å². The third-order valence-corrected chi connectivity index (χ3v) is 6.41. The zero-order valence-corrected chi connectivity index (χ0v) is 18.5. The van der Waals surface area contributed by atoms with Gasteiger partial charge in [-0.3, -0.25) is 9.59 Å². The predicted octanol–water partition coefficient (Wildman–Crippen LogP) is 4.51. The first kappa shape index (κ1) is 21.3. The van der Waals surface area contributed by atoms with Gasteiger partial charge in [0.05, 0.1) is 24.8 Å². The maximum absolute atomic E-state index is 13.7. The van der Waals surface area contributed by atoms with Crippen LogP contribution < -0.4 is 4.74 Å². The van der Waals surface area contributed by atoms with Crippen molar-refractivity contribution in [1.29, 1.82) is 0 Å². The molecule has 0 aliphatic carbocycles. The normalized spacial score (nSPS) is 20.8. The van der Waals surface area contributed by atoms with Crippen LogP contribution in [0.25, 0.3) is 11.0 Å². The minimum Gasteiger partial charge on any atom is -0.503 e. The fraction of sp³-hybridized carbons (Fsp3) is 0.308. The molecule has 0 radical (unpaired) electrons. The number of ketones is 1. The quantitative estimate of drug-likeness (QED) is 0.560. The van der Waals surface area contributed by atoms with Crippen LogP contribution in [-0.4, -0.2) is 48.1 Å². The van der Waals surface area contributed by atoms with E-state index in [-0.39, 0.29) is 17.4 Å². The molecule has 33 heavy (non-hydrogen) atoms. The van der Waals surface area contributed by atoms with Gasteiger partial charge in [-0.15, -0.1) is 0 Å². The molecule has 2 unspecified atom stereocenters. The largest absolute Gasteiger partial charge is 0.503 e. The number of aliphatic hydroxyl groups is 1. The van der Waals surface area contributed by atoms with Gasteiger partial charge in [0.2, 0.25) is 5.78 Å². The Morgan fingerprint density at radius 3 is 2.76 bits per heavy atom. The van der Waals surface area contributed by atoms with Gasteiger partial charge >= 0.3 is 0 Å². The van der Waals surface area contributed by atoms with Crippen molar-refractivity contribution in [2.24, 2.45) is 0 Å². The lowest BCUT2D eigenvalue weighted by Gasteiger charge is -2.29. The number of aliphatic hydroxyl groups excluding tert-OH is 1. The lowest BCUT2D eigenvalue weighted by Crippen LogP contribution is -2.37. The van der Waals surface area contributed by atoms with Crippen molar-refractivity contribution < 1.29 is 28.6 Å². The molecular weight excluding hydrogens is 422 g/mol. The zero-order valence-electron chi connectivity index (χ0n) is 18.5. The van der Waals surface area contributed by atoms with Gasteiger partial charge in [0.1, 0.15) is 0 Å². The van der Waals surface area contributed by atoms with Crippen molar-refractivity contribution in [2.45, 2.75) is 31.9 Å². The molecule has 1 aromatic heterocycles. The summed E-state index contributed by atoms with van der Waals surface area (Å²) in [6.07, 6.45) is 1.63. The molecule has 0 bridgehead atoms. The number of rotatable bonds is 6. The molecule has 170 valence electrons. The summed E-state index contributed by atoms with van der Waals surface area (Å²) in [7, 11) is 1.53. The third-order valence-electron chi connectivity index (χ3n) is 6.41. The molecule has 3 aromatic rings. The van der Waals surface area contributed by atoms with Gasteiger partial charge in [0.25, 0.3) is 5.91 Å². The second kappa shape index (κ2) is 8.41. The molecule has 0 spiro atoms. The van der Waals surface area contributed by atoms with Gasteiger partial charge in [-0.05, 0) is 43.0 Å². The Labute approximate surface area is 191 Å². The summed E-state index contributed by atoms with van der Waals surface area (Å²) in [4.78, 5) is 28.4. The number of aryl methyl sites for hydroxylation is 1. The van der Waals surface area contributed by atoms with Crippen molar-refractivity contribution in [3.63, 3.8) is 0 Å². The van der Waals surface area contributed by atoms with E-state index < -0.39 is 23.5 Å². The summed E-state index contributed by atoms with van der Waals surface area (Å²) < 4.78 is 16.9. The second-order valence-electron chi connectivity index (χ2n) is 8.43. The van der Waals surface area contributed by atoms with Crippen molar-refractivity contribution >= 4 is 22.7 Å². The van der Waals surface area contributed by atoms with Crippen LogP contribution in [0.3, 0.4) is 0 Å². The highest BCUT2D eigenvalue weighted by Gasteiger charge is 2.46. The summed E-state index contributed by atoms with van der Waals surface area (Å²) in [5.41, 5.74) is 2.16. The van der Waals surface area contributed by atoms with E-state index in [0.717, 1.165) is 24.0 Å². The second-order valence-corrected chi connectivity index (χ2v) is 8.43. The maximum atomic E-state index is 13.7. The molecule has 1 N–H and O–H groups in total. The number of nitrogens with zero attached hydrogens (tertiary/aromatic N) is 1. The van der Waals surface area contributed by atoms with Crippen LogP contribution in [0.15, 0.2) is 64.3 Å². The first-order valence-electron chi connectivity index (χ1n) is 11.0. The summed E-state index contributed by atoms with van der Waals surface area (Å²) in [6.45, 7) is 2.87. The van der Waals surface area contributed by atoms with Crippen molar-refractivity contribution in [3.8, 4) is 5.75 Å². The Kier molecular flexibility index (Phi) is 5.42. The fourth-order valence-corrected chi connectivity index (χ4v) is 4.74. The van der Waals surface area contributed by atoms with E-state index in [0.29, 0.717) is 29.9 Å². The fourth-order valence-electron chi connectivity index (χ4n) is 4.74. The molecule has 3 heterocycles. The number of fused-ring (bicyclic) bond motifs is 1. The number of ether oxygens (including phenoxy) is 2. The minimum atomic E-state index is -0.731.